The van der Waals surface area contributed by atoms with E-state index in [0.717, 1.165) is 11.1 Å². The zero-order valence-electron chi connectivity index (χ0n) is 14.5. The lowest BCUT2D eigenvalue weighted by atomic mass is 9.95. The third-order valence-corrected chi connectivity index (χ3v) is 4.02. The molecule has 7 heteroatoms. The molecule has 3 aromatic rings. The second-order valence-electron chi connectivity index (χ2n) is 5.79. The summed E-state index contributed by atoms with van der Waals surface area (Å²) >= 11 is 0. The Balaban J connectivity index is 1.82. The average molecular weight is 353 g/mol. The summed E-state index contributed by atoms with van der Waals surface area (Å²) in [5.41, 5.74) is 13.8. The SMILES string of the molecule is CNNC(N)=Nc1cc(C(C)c2ccc(-c3ccccc3)c(F)c2)no1. The fraction of sp³-hybridized carbons (Fsp3) is 0.158. The van der Waals surface area contributed by atoms with Crippen molar-refractivity contribution in [1.29, 1.82) is 0 Å². The van der Waals surface area contributed by atoms with Crippen LogP contribution in [0, 0.1) is 5.82 Å². The summed E-state index contributed by atoms with van der Waals surface area (Å²) in [6.45, 7) is 1.93. The summed E-state index contributed by atoms with van der Waals surface area (Å²) < 4.78 is 19.7. The van der Waals surface area contributed by atoms with Crippen LogP contribution in [0.4, 0.5) is 10.3 Å². The number of hydrogen-bond acceptors (Lipinski definition) is 4. The van der Waals surface area contributed by atoms with Gasteiger partial charge in [-0.05, 0) is 17.2 Å². The number of hydrogen-bond donors (Lipinski definition) is 3. The Kier molecular flexibility index (Phi) is 5.28. The first-order valence-electron chi connectivity index (χ1n) is 8.17. The van der Waals surface area contributed by atoms with Gasteiger partial charge in [0.2, 0.25) is 5.96 Å². The standard InChI is InChI=1S/C19H20FN5O/c1-12(17-11-18(26-25-17)23-19(21)24-22-2)14-8-9-15(16(20)10-14)13-6-4-3-5-7-13/h3-12,22H,1-2H3,(H3,21,23,24). The lowest BCUT2D eigenvalue weighted by Gasteiger charge is -2.11. The van der Waals surface area contributed by atoms with Crippen molar-refractivity contribution in [3.05, 3.63) is 71.7 Å². The largest absolute Gasteiger partial charge is 0.368 e. The van der Waals surface area contributed by atoms with Gasteiger partial charge >= 0.3 is 0 Å². The lowest BCUT2D eigenvalue weighted by Crippen LogP contribution is -2.39. The fourth-order valence-corrected chi connectivity index (χ4v) is 2.63. The van der Waals surface area contributed by atoms with E-state index in [4.69, 9.17) is 10.3 Å². The average Bonchev–Trinajstić information content (AvgIpc) is 3.10. The molecule has 0 aliphatic heterocycles. The Labute approximate surface area is 150 Å². The molecule has 4 N–H and O–H groups in total. The van der Waals surface area contributed by atoms with E-state index in [2.05, 4.69) is 21.0 Å². The number of nitrogens with zero attached hydrogens (tertiary/aromatic N) is 2. The Morgan fingerprint density at radius 1 is 1.19 bits per heavy atom. The van der Waals surface area contributed by atoms with Gasteiger partial charge < -0.3 is 10.3 Å². The van der Waals surface area contributed by atoms with Gasteiger partial charge in [0.15, 0.2) is 0 Å². The van der Waals surface area contributed by atoms with Crippen molar-refractivity contribution in [3.63, 3.8) is 0 Å². The smallest absolute Gasteiger partial charge is 0.253 e. The van der Waals surface area contributed by atoms with Crippen molar-refractivity contribution in [3.8, 4) is 11.1 Å². The van der Waals surface area contributed by atoms with Crippen molar-refractivity contribution < 1.29 is 8.91 Å². The summed E-state index contributed by atoms with van der Waals surface area (Å²) in [4.78, 5) is 4.03. The maximum atomic E-state index is 14.6. The highest BCUT2D eigenvalue weighted by Crippen LogP contribution is 2.30. The highest BCUT2D eigenvalue weighted by atomic mass is 19.1. The molecule has 2 aromatic carbocycles. The summed E-state index contributed by atoms with van der Waals surface area (Å²) in [5, 5.41) is 4.01. The molecule has 0 saturated carbocycles. The maximum absolute atomic E-state index is 14.6. The van der Waals surface area contributed by atoms with Crippen LogP contribution in [0.1, 0.15) is 24.1 Å². The van der Waals surface area contributed by atoms with E-state index >= 15 is 0 Å². The molecule has 1 aromatic heterocycles. The molecule has 1 atom stereocenters. The van der Waals surface area contributed by atoms with Crippen molar-refractivity contribution >= 4 is 11.8 Å². The molecule has 0 aliphatic carbocycles. The number of benzene rings is 2. The molecule has 0 bridgehead atoms. The maximum Gasteiger partial charge on any atom is 0.253 e. The van der Waals surface area contributed by atoms with Crippen LogP contribution in [0.3, 0.4) is 0 Å². The predicted octanol–water partition coefficient (Wildman–Crippen LogP) is 3.30. The summed E-state index contributed by atoms with van der Waals surface area (Å²) in [6.07, 6.45) is 0. The minimum atomic E-state index is -0.273. The summed E-state index contributed by atoms with van der Waals surface area (Å²) in [6, 6.07) is 16.3. The number of nitrogens with two attached hydrogens (primary N) is 1. The van der Waals surface area contributed by atoms with Crippen LogP contribution in [-0.2, 0) is 0 Å². The van der Waals surface area contributed by atoms with Crippen LogP contribution >= 0.6 is 0 Å². The third-order valence-electron chi connectivity index (χ3n) is 4.02. The van der Waals surface area contributed by atoms with Crippen LogP contribution in [-0.4, -0.2) is 18.2 Å². The number of guanidine groups is 1. The van der Waals surface area contributed by atoms with E-state index < -0.39 is 0 Å². The molecule has 6 nitrogen and oxygen atoms in total. The topological polar surface area (TPSA) is 88.5 Å². The minimum Gasteiger partial charge on any atom is -0.368 e. The lowest BCUT2D eigenvalue weighted by molar-refractivity contribution is 0.419. The van der Waals surface area contributed by atoms with E-state index in [9.17, 15) is 4.39 Å². The molecule has 134 valence electrons. The number of hydrazine groups is 1. The van der Waals surface area contributed by atoms with E-state index in [1.807, 2.05) is 43.3 Å². The molecule has 1 heterocycles. The number of nitrogens with one attached hydrogen (secondary N) is 2. The van der Waals surface area contributed by atoms with E-state index in [1.54, 1.807) is 19.2 Å². The second kappa shape index (κ2) is 7.79. The monoisotopic (exact) mass is 353 g/mol. The van der Waals surface area contributed by atoms with Crippen molar-refractivity contribution in [2.24, 2.45) is 10.7 Å². The first-order chi connectivity index (χ1) is 12.6. The molecule has 3 rings (SSSR count). The van der Waals surface area contributed by atoms with Gasteiger partial charge in [0.25, 0.3) is 5.88 Å². The molecule has 26 heavy (non-hydrogen) atoms. The Morgan fingerprint density at radius 3 is 2.65 bits per heavy atom. The summed E-state index contributed by atoms with van der Waals surface area (Å²) in [5.74, 6) is -0.000139. The van der Waals surface area contributed by atoms with Crippen molar-refractivity contribution in [1.82, 2.24) is 16.0 Å². The first kappa shape index (κ1) is 17.6. The van der Waals surface area contributed by atoms with Crippen LogP contribution in [0.25, 0.3) is 11.1 Å². The minimum absolute atomic E-state index is 0.152. The number of aromatic nitrogens is 1. The number of halogens is 1. The van der Waals surface area contributed by atoms with Crippen LogP contribution in [0.15, 0.2) is 64.1 Å². The van der Waals surface area contributed by atoms with Crippen LogP contribution in [0.2, 0.25) is 0 Å². The third kappa shape index (κ3) is 3.89. The Bertz CT molecular complexity index is 907. The van der Waals surface area contributed by atoms with Gasteiger partial charge in [-0.3, -0.25) is 5.43 Å². The summed E-state index contributed by atoms with van der Waals surface area (Å²) in [7, 11) is 1.67. The first-order valence-corrected chi connectivity index (χ1v) is 8.17. The van der Waals surface area contributed by atoms with Crippen LogP contribution in [0.5, 0.6) is 0 Å². The van der Waals surface area contributed by atoms with E-state index in [0.29, 0.717) is 11.3 Å². The molecule has 0 aliphatic rings. The predicted molar refractivity (Wildman–Crippen MR) is 99.3 cm³/mol. The van der Waals surface area contributed by atoms with Gasteiger partial charge in [-0.1, -0.05) is 54.5 Å². The molecule has 0 amide bonds. The van der Waals surface area contributed by atoms with Gasteiger partial charge in [-0.15, -0.1) is 0 Å². The normalized spacial score (nSPS) is 12.8. The molecule has 0 spiro atoms. The number of aliphatic imine (C=N–C) groups is 1. The molecule has 0 saturated heterocycles. The molecule has 1 unspecified atom stereocenters. The Hall–Kier alpha value is -3.19. The van der Waals surface area contributed by atoms with E-state index in [1.165, 1.54) is 6.07 Å². The molecular weight excluding hydrogens is 333 g/mol. The molecular formula is C19H20FN5O. The highest BCUT2D eigenvalue weighted by Gasteiger charge is 2.16. The van der Waals surface area contributed by atoms with Crippen molar-refractivity contribution in [2.45, 2.75) is 12.8 Å². The van der Waals surface area contributed by atoms with Gasteiger partial charge in [-0.2, -0.15) is 4.99 Å². The quantitative estimate of drug-likeness (QED) is 0.372. The van der Waals surface area contributed by atoms with Gasteiger partial charge in [0, 0.05) is 24.6 Å². The van der Waals surface area contributed by atoms with Gasteiger partial charge in [0.1, 0.15) is 5.82 Å². The Morgan fingerprint density at radius 2 is 1.96 bits per heavy atom. The van der Waals surface area contributed by atoms with Gasteiger partial charge in [-0.25, -0.2) is 9.82 Å². The molecule has 0 radical (unpaired) electrons. The highest BCUT2D eigenvalue weighted by molar-refractivity contribution is 5.79. The zero-order chi connectivity index (χ0) is 18.5. The fourth-order valence-electron chi connectivity index (χ4n) is 2.63. The zero-order valence-corrected chi connectivity index (χ0v) is 14.5. The number of rotatable bonds is 5. The van der Waals surface area contributed by atoms with Crippen molar-refractivity contribution in [2.75, 3.05) is 7.05 Å². The van der Waals surface area contributed by atoms with E-state index in [-0.39, 0.29) is 23.6 Å². The van der Waals surface area contributed by atoms with Gasteiger partial charge in [0.05, 0.1) is 5.69 Å². The molecule has 0 fully saturated rings. The van der Waals surface area contributed by atoms with Crippen LogP contribution < -0.4 is 16.6 Å². The second-order valence-corrected chi connectivity index (χ2v) is 5.79.